The van der Waals surface area contributed by atoms with Crippen molar-refractivity contribution in [3.05, 3.63) is 17.5 Å². The van der Waals surface area contributed by atoms with Crippen LogP contribution in [0, 0.1) is 5.41 Å². The van der Waals surface area contributed by atoms with Crippen LogP contribution < -0.4 is 0 Å². The molecule has 0 N–H and O–H groups in total. The number of carbonyl (C=O) groups excluding carboxylic acids is 2. The molecule has 7 nitrogen and oxygen atoms in total. The Kier molecular flexibility index (Phi) is 7.35. The van der Waals surface area contributed by atoms with Crippen LogP contribution in [0.1, 0.15) is 78.6 Å². The summed E-state index contributed by atoms with van der Waals surface area (Å²) in [5.74, 6) is -0.178. The molecule has 1 aromatic rings. The van der Waals surface area contributed by atoms with Crippen molar-refractivity contribution >= 4 is 12.1 Å². The normalized spacial score (nSPS) is 16.8. The predicted octanol–water partition coefficient (Wildman–Crippen LogP) is 4.15. The lowest BCUT2D eigenvalue weighted by Gasteiger charge is -2.40. The molecule has 164 valence electrons. The first-order valence-electron chi connectivity index (χ1n) is 10.7. The summed E-state index contributed by atoms with van der Waals surface area (Å²) in [6.45, 7) is 15.0. The van der Waals surface area contributed by atoms with Crippen LogP contribution in [-0.4, -0.2) is 52.0 Å². The lowest BCUT2D eigenvalue weighted by molar-refractivity contribution is -0.158. The van der Waals surface area contributed by atoms with Gasteiger partial charge >= 0.3 is 12.1 Å². The molecule has 1 amide bonds. The SMILES string of the molecule is CCOC(=O)C1(Cc2cn(C(C)C)nc2CC)CCN(C(=O)OC(C)(C)C)CC1. The molecule has 0 spiro atoms. The van der Waals surface area contributed by atoms with Crippen LogP contribution in [-0.2, 0) is 27.1 Å². The zero-order valence-electron chi connectivity index (χ0n) is 19.1. The first kappa shape index (κ1) is 23.2. The number of likely N-dealkylation sites (tertiary alicyclic amines) is 1. The van der Waals surface area contributed by atoms with Crippen molar-refractivity contribution < 1.29 is 19.1 Å². The number of esters is 1. The molecule has 0 radical (unpaired) electrons. The third-order valence-corrected chi connectivity index (χ3v) is 5.37. The second kappa shape index (κ2) is 9.18. The molecule has 7 heteroatoms. The molecule has 1 saturated heterocycles. The first-order chi connectivity index (χ1) is 13.5. The monoisotopic (exact) mass is 407 g/mol. The largest absolute Gasteiger partial charge is 0.466 e. The van der Waals surface area contributed by atoms with E-state index in [9.17, 15) is 9.59 Å². The van der Waals surface area contributed by atoms with E-state index in [1.807, 2.05) is 32.4 Å². The number of amides is 1. The van der Waals surface area contributed by atoms with Crippen molar-refractivity contribution in [2.24, 2.45) is 5.41 Å². The molecule has 0 bridgehead atoms. The average Bonchev–Trinajstić information content (AvgIpc) is 3.04. The zero-order chi connectivity index (χ0) is 21.8. The Morgan fingerprint density at radius 2 is 1.83 bits per heavy atom. The summed E-state index contributed by atoms with van der Waals surface area (Å²) in [4.78, 5) is 27.1. The van der Waals surface area contributed by atoms with Gasteiger partial charge in [0.15, 0.2) is 0 Å². The van der Waals surface area contributed by atoms with Crippen molar-refractivity contribution in [2.45, 2.75) is 85.8 Å². The van der Waals surface area contributed by atoms with Gasteiger partial charge in [0, 0.05) is 25.3 Å². The standard InChI is InChI=1S/C22H37N3O4/c1-8-18-17(15-25(23-18)16(3)4)14-22(19(26)28-9-2)10-12-24(13-11-22)20(27)29-21(5,6)7/h15-16H,8-14H2,1-7H3. The maximum atomic E-state index is 13.0. The number of piperidine rings is 1. The smallest absolute Gasteiger partial charge is 0.410 e. The summed E-state index contributed by atoms with van der Waals surface area (Å²) in [6.07, 6.45) is 4.26. The quantitative estimate of drug-likeness (QED) is 0.662. The van der Waals surface area contributed by atoms with Crippen LogP contribution in [0.5, 0.6) is 0 Å². The van der Waals surface area contributed by atoms with Gasteiger partial charge in [-0.15, -0.1) is 0 Å². The number of aryl methyl sites for hydroxylation is 1. The molecule has 1 aromatic heterocycles. The number of hydrogen-bond acceptors (Lipinski definition) is 5. The molecule has 0 unspecified atom stereocenters. The van der Waals surface area contributed by atoms with E-state index in [0.29, 0.717) is 39.0 Å². The van der Waals surface area contributed by atoms with Gasteiger partial charge in [0.2, 0.25) is 0 Å². The summed E-state index contributed by atoms with van der Waals surface area (Å²) in [5, 5.41) is 4.69. The topological polar surface area (TPSA) is 73.7 Å². The van der Waals surface area contributed by atoms with E-state index in [-0.39, 0.29) is 18.1 Å². The molecular weight excluding hydrogens is 370 g/mol. The zero-order valence-corrected chi connectivity index (χ0v) is 19.1. The van der Waals surface area contributed by atoms with Gasteiger partial charge in [-0.1, -0.05) is 6.92 Å². The fourth-order valence-corrected chi connectivity index (χ4v) is 3.72. The van der Waals surface area contributed by atoms with Crippen LogP contribution in [0.25, 0.3) is 0 Å². The van der Waals surface area contributed by atoms with Crippen LogP contribution in [0.2, 0.25) is 0 Å². The minimum absolute atomic E-state index is 0.178. The average molecular weight is 408 g/mol. The highest BCUT2D eigenvalue weighted by molar-refractivity contribution is 5.78. The summed E-state index contributed by atoms with van der Waals surface area (Å²) in [6, 6.07) is 0.265. The minimum atomic E-state index is -0.636. The number of hydrogen-bond donors (Lipinski definition) is 0. The Balaban J connectivity index is 2.22. The summed E-state index contributed by atoms with van der Waals surface area (Å²) >= 11 is 0. The van der Waals surface area contributed by atoms with Gasteiger partial charge in [-0.25, -0.2) is 4.79 Å². The molecule has 1 fully saturated rings. The molecule has 2 heterocycles. The fraction of sp³-hybridized carbons (Fsp3) is 0.773. The van der Waals surface area contributed by atoms with E-state index in [0.717, 1.165) is 17.7 Å². The van der Waals surface area contributed by atoms with E-state index in [1.54, 1.807) is 4.90 Å². The lowest BCUT2D eigenvalue weighted by Crippen LogP contribution is -2.49. The molecule has 1 aliphatic rings. The van der Waals surface area contributed by atoms with Crippen molar-refractivity contribution in [2.75, 3.05) is 19.7 Å². The highest BCUT2D eigenvalue weighted by Crippen LogP contribution is 2.38. The van der Waals surface area contributed by atoms with E-state index >= 15 is 0 Å². The molecule has 0 saturated carbocycles. The maximum Gasteiger partial charge on any atom is 0.410 e. The van der Waals surface area contributed by atoms with Gasteiger partial charge in [-0.2, -0.15) is 5.10 Å². The third kappa shape index (κ3) is 5.73. The lowest BCUT2D eigenvalue weighted by atomic mass is 9.73. The number of rotatable bonds is 6. The summed E-state index contributed by atoms with van der Waals surface area (Å²) in [5.41, 5.74) is 0.953. The molecule has 0 aliphatic carbocycles. The number of nitrogens with zero attached hydrogens (tertiary/aromatic N) is 3. The minimum Gasteiger partial charge on any atom is -0.466 e. The van der Waals surface area contributed by atoms with E-state index in [4.69, 9.17) is 14.6 Å². The van der Waals surface area contributed by atoms with Crippen LogP contribution in [0.15, 0.2) is 6.20 Å². The summed E-state index contributed by atoms with van der Waals surface area (Å²) < 4.78 is 12.9. The van der Waals surface area contributed by atoms with Crippen molar-refractivity contribution in [3.63, 3.8) is 0 Å². The third-order valence-electron chi connectivity index (χ3n) is 5.37. The van der Waals surface area contributed by atoms with Gasteiger partial charge in [0.1, 0.15) is 5.60 Å². The number of carbonyl (C=O) groups is 2. The highest BCUT2D eigenvalue weighted by atomic mass is 16.6. The van der Waals surface area contributed by atoms with Gasteiger partial charge in [0.25, 0.3) is 0 Å². The van der Waals surface area contributed by atoms with Gasteiger partial charge in [-0.3, -0.25) is 9.48 Å². The molecule has 0 atom stereocenters. The Morgan fingerprint density at radius 3 is 2.31 bits per heavy atom. The van der Waals surface area contributed by atoms with Crippen molar-refractivity contribution in [1.29, 1.82) is 0 Å². The van der Waals surface area contributed by atoms with Crippen molar-refractivity contribution in [1.82, 2.24) is 14.7 Å². The Hall–Kier alpha value is -2.05. The molecular formula is C22H37N3O4. The Morgan fingerprint density at radius 1 is 1.21 bits per heavy atom. The fourth-order valence-electron chi connectivity index (χ4n) is 3.72. The van der Waals surface area contributed by atoms with Crippen molar-refractivity contribution in [3.8, 4) is 0 Å². The van der Waals surface area contributed by atoms with Gasteiger partial charge < -0.3 is 14.4 Å². The number of ether oxygens (including phenoxy) is 2. The Labute approximate surface area is 174 Å². The van der Waals surface area contributed by atoms with Crippen LogP contribution in [0.3, 0.4) is 0 Å². The molecule has 0 aromatic carbocycles. The second-order valence-electron chi connectivity index (χ2n) is 9.17. The molecule has 2 rings (SSSR count). The van der Waals surface area contributed by atoms with Gasteiger partial charge in [-0.05, 0) is 72.8 Å². The van der Waals surface area contributed by atoms with Crippen LogP contribution in [0.4, 0.5) is 4.79 Å². The highest BCUT2D eigenvalue weighted by Gasteiger charge is 2.44. The Bertz CT molecular complexity index is 710. The predicted molar refractivity (Wildman–Crippen MR) is 112 cm³/mol. The maximum absolute atomic E-state index is 13.0. The second-order valence-corrected chi connectivity index (χ2v) is 9.17. The van der Waals surface area contributed by atoms with E-state index in [1.165, 1.54) is 0 Å². The summed E-state index contributed by atoms with van der Waals surface area (Å²) in [7, 11) is 0. The number of aromatic nitrogens is 2. The molecule has 1 aliphatic heterocycles. The van der Waals surface area contributed by atoms with E-state index in [2.05, 4.69) is 27.0 Å². The van der Waals surface area contributed by atoms with Gasteiger partial charge in [0.05, 0.1) is 17.7 Å². The van der Waals surface area contributed by atoms with Crippen LogP contribution >= 0.6 is 0 Å². The molecule has 29 heavy (non-hydrogen) atoms. The first-order valence-corrected chi connectivity index (χ1v) is 10.7. The van der Waals surface area contributed by atoms with E-state index < -0.39 is 11.0 Å².